The van der Waals surface area contributed by atoms with Gasteiger partial charge in [-0.05, 0) is 51.0 Å². The number of carbonyl (C=O) groups excluding carboxylic acids is 1. The van der Waals surface area contributed by atoms with Crippen molar-refractivity contribution >= 4 is 25.8 Å². The third-order valence-electron chi connectivity index (χ3n) is 5.95. The molecule has 1 amide bonds. The highest BCUT2D eigenvalue weighted by Gasteiger charge is 2.39. The lowest BCUT2D eigenvalue weighted by molar-refractivity contribution is -0.142. The Morgan fingerprint density at radius 2 is 1.55 bits per heavy atom. The maximum Gasteiger partial charge on any atom is 0.251 e. The molecule has 2 heterocycles. The zero-order valence-electron chi connectivity index (χ0n) is 17.6. The minimum absolute atomic E-state index is 0.0138. The Kier molecular flexibility index (Phi) is 6.79. The summed E-state index contributed by atoms with van der Waals surface area (Å²) in [6.07, 6.45) is 0.237. The Labute approximate surface area is 182 Å². The number of hydrogen-bond donors (Lipinski definition) is 0. The minimum Gasteiger partial charge on any atom is -0.342 e. The van der Waals surface area contributed by atoms with Gasteiger partial charge < -0.3 is 4.90 Å². The summed E-state index contributed by atoms with van der Waals surface area (Å²) in [6, 6.07) is 5.09. The predicted octanol–water partition coefficient (Wildman–Crippen LogP) is 2.53. The highest BCUT2D eigenvalue weighted by molar-refractivity contribution is 7.92. The Morgan fingerprint density at radius 3 is 2.10 bits per heavy atom. The van der Waals surface area contributed by atoms with E-state index in [1.54, 1.807) is 13.8 Å². The van der Waals surface area contributed by atoms with Crippen molar-refractivity contribution < 1.29 is 30.4 Å². The molecular formula is C20H28F2N2O5S2. The van der Waals surface area contributed by atoms with Crippen molar-refractivity contribution in [2.24, 2.45) is 5.92 Å². The summed E-state index contributed by atoms with van der Waals surface area (Å²) >= 11 is 0. The molecule has 2 aliphatic rings. The first-order valence-electron chi connectivity index (χ1n) is 10.4. The van der Waals surface area contributed by atoms with E-state index in [1.165, 1.54) is 33.5 Å². The standard InChI is InChI=1S/C20H28F2N2O5S2/c1-15(2)30(26,27)17-5-7-18(8-6-17)31(28,29)24-11-3-4-16(14-24)19(25)23-12-9-20(21,22)10-13-23/h5-8,15-16H,3-4,9-14H2,1-2H3/t16-/m1/s1. The zero-order valence-corrected chi connectivity index (χ0v) is 19.3. The van der Waals surface area contributed by atoms with Gasteiger partial charge in [-0.3, -0.25) is 4.79 Å². The summed E-state index contributed by atoms with van der Waals surface area (Å²) in [5.41, 5.74) is 0. The second-order valence-electron chi connectivity index (χ2n) is 8.45. The zero-order chi connectivity index (χ0) is 23.0. The summed E-state index contributed by atoms with van der Waals surface area (Å²) in [6.45, 7) is 3.28. The topological polar surface area (TPSA) is 91.8 Å². The first-order valence-corrected chi connectivity index (χ1v) is 13.3. The van der Waals surface area contributed by atoms with Crippen LogP contribution in [0.3, 0.4) is 0 Å². The monoisotopic (exact) mass is 478 g/mol. The number of nitrogens with zero attached hydrogens (tertiary/aromatic N) is 2. The number of alkyl halides is 2. The summed E-state index contributed by atoms with van der Waals surface area (Å²) in [7, 11) is -7.43. The molecule has 0 radical (unpaired) electrons. The van der Waals surface area contributed by atoms with Gasteiger partial charge in [0.2, 0.25) is 15.9 Å². The van der Waals surface area contributed by atoms with E-state index in [9.17, 15) is 30.4 Å². The number of carbonyl (C=O) groups is 1. The van der Waals surface area contributed by atoms with Gasteiger partial charge >= 0.3 is 0 Å². The average Bonchev–Trinajstić information content (AvgIpc) is 2.73. The Hall–Kier alpha value is -1.59. The van der Waals surface area contributed by atoms with Crippen LogP contribution in [0.5, 0.6) is 0 Å². The Balaban J connectivity index is 1.72. The van der Waals surface area contributed by atoms with Gasteiger partial charge in [-0.2, -0.15) is 4.31 Å². The fourth-order valence-corrected chi connectivity index (χ4v) is 6.48. The van der Waals surface area contributed by atoms with Crippen molar-refractivity contribution in [3.8, 4) is 0 Å². The van der Waals surface area contributed by atoms with Crippen molar-refractivity contribution in [2.75, 3.05) is 26.2 Å². The number of hydrogen-bond acceptors (Lipinski definition) is 5. The lowest BCUT2D eigenvalue weighted by atomic mass is 9.96. The molecule has 0 N–H and O–H groups in total. The highest BCUT2D eigenvalue weighted by Crippen LogP contribution is 2.31. The smallest absolute Gasteiger partial charge is 0.251 e. The van der Waals surface area contributed by atoms with Gasteiger partial charge in [-0.15, -0.1) is 0 Å². The van der Waals surface area contributed by atoms with Crippen LogP contribution < -0.4 is 0 Å². The number of rotatable bonds is 5. The third kappa shape index (κ3) is 5.09. The summed E-state index contributed by atoms with van der Waals surface area (Å²) < 4.78 is 78.6. The van der Waals surface area contributed by atoms with E-state index >= 15 is 0 Å². The van der Waals surface area contributed by atoms with Crippen molar-refractivity contribution in [3.63, 3.8) is 0 Å². The second kappa shape index (κ2) is 8.74. The molecule has 174 valence electrons. The normalized spacial score (nSPS) is 23.1. The van der Waals surface area contributed by atoms with Gasteiger partial charge in [0.1, 0.15) is 0 Å². The number of piperidine rings is 2. The third-order valence-corrected chi connectivity index (χ3v) is 10.0. The quantitative estimate of drug-likeness (QED) is 0.649. The van der Waals surface area contributed by atoms with Crippen LogP contribution in [0.2, 0.25) is 0 Å². The molecule has 31 heavy (non-hydrogen) atoms. The molecule has 0 unspecified atom stereocenters. The van der Waals surface area contributed by atoms with Crippen LogP contribution in [0.25, 0.3) is 0 Å². The van der Waals surface area contributed by atoms with E-state index in [4.69, 9.17) is 0 Å². The fraction of sp³-hybridized carbons (Fsp3) is 0.650. The number of sulfone groups is 1. The molecule has 0 aliphatic carbocycles. The number of sulfonamides is 1. The van der Waals surface area contributed by atoms with E-state index in [2.05, 4.69) is 0 Å². The fourth-order valence-electron chi connectivity index (χ4n) is 3.90. The van der Waals surface area contributed by atoms with E-state index in [0.717, 1.165) is 0 Å². The largest absolute Gasteiger partial charge is 0.342 e. The summed E-state index contributed by atoms with van der Waals surface area (Å²) in [5.74, 6) is -3.61. The van der Waals surface area contributed by atoms with Crippen molar-refractivity contribution in [1.82, 2.24) is 9.21 Å². The highest BCUT2D eigenvalue weighted by atomic mass is 32.2. The molecule has 0 aromatic heterocycles. The lowest BCUT2D eigenvalue weighted by Crippen LogP contribution is -2.49. The Morgan fingerprint density at radius 1 is 1.00 bits per heavy atom. The maximum absolute atomic E-state index is 13.4. The van der Waals surface area contributed by atoms with Gasteiger partial charge in [0, 0.05) is 39.0 Å². The molecule has 3 rings (SSSR count). The van der Waals surface area contributed by atoms with Crippen LogP contribution in [0, 0.1) is 5.92 Å². The van der Waals surface area contributed by atoms with Gasteiger partial charge in [-0.1, -0.05) is 0 Å². The van der Waals surface area contributed by atoms with Gasteiger partial charge in [0.15, 0.2) is 9.84 Å². The van der Waals surface area contributed by atoms with Crippen molar-refractivity contribution in [1.29, 1.82) is 0 Å². The van der Waals surface area contributed by atoms with Crippen LogP contribution in [-0.4, -0.2) is 69.3 Å². The average molecular weight is 479 g/mol. The molecule has 0 bridgehead atoms. The van der Waals surface area contributed by atoms with Crippen LogP contribution in [-0.2, 0) is 24.7 Å². The molecule has 7 nitrogen and oxygen atoms in total. The minimum atomic E-state index is -3.91. The van der Waals surface area contributed by atoms with Crippen LogP contribution in [0.1, 0.15) is 39.5 Å². The molecule has 1 aromatic carbocycles. The molecule has 2 fully saturated rings. The molecule has 1 atom stereocenters. The number of benzene rings is 1. The molecular weight excluding hydrogens is 450 g/mol. The van der Waals surface area contributed by atoms with Gasteiger partial charge in [-0.25, -0.2) is 25.6 Å². The first kappa shape index (κ1) is 24.1. The van der Waals surface area contributed by atoms with Crippen molar-refractivity contribution in [2.45, 2.75) is 60.5 Å². The molecule has 11 heteroatoms. The SMILES string of the molecule is CC(C)S(=O)(=O)c1ccc(S(=O)(=O)N2CCC[C@@H](C(=O)N3CCC(F)(F)CC3)C2)cc1. The molecule has 2 aliphatic heterocycles. The molecule has 0 saturated carbocycles. The molecule has 1 aromatic rings. The summed E-state index contributed by atoms with van der Waals surface area (Å²) in [5, 5.41) is -0.626. The van der Waals surface area contributed by atoms with Gasteiger partial charge in [0.25, 0.3) is 5.92 Å². The number of likely N-dealkylation sites (tertiary alicyclic amines) is 1. The van der Waals surface area contributed by atoms with Crippen LogP contribution in [0.4, 0.5) is 8.78 Å². The van der Waals surface area contributed by atoms with E-state index < -0.39 is 37.0 Å². The maximum atomic E-state index is 13.4. The van der Waals surface area contributed by atoms with E-state index in [0.29, 0.717) is 12.8 Å². The Bertz CT molecular complexity index is 1010. The van der Waals surface area contributed by atoms with Gasteiger partial charge in [0.05, 0.1) is 21.0 Å². The van der Waals surface area contributed by atoms with Crippen LogP contribution in [0.15, 0.2) is 34.1 Å². The number of amides is 1. The predicted molar refractivity (Wildman–Crippen MR) is 111 cm³/mol. The van der Waals surface area contributed by atoms with Crippen LogP contribution >= 0.6 is 0 Å². The first-order chi connectivity index (χ1) is 14.3. The van der Waals surface area contributed by atoms with E-state index in [1.807, 2.05) is 0 Å². The van der Waals surface area contributed by atoms with Crippen molar-refractivity contribution in [3.05, 3.63) is 24.3 Å². The number of halogens is 2. The molecule has 0 spiro atoms. The summed E-state index contributed by atoms with van der Waals surface area (Å²) in [4.78, 5) is 14.2. The van der Waals surface area contributed by atoms with E-state index in [-0.39, 0.29) is 54.7 Å². The lowest BCUT2D eigenvalue weighted by Gasteiger charge is -2.37. The molecule has 2 saturated heterocycles. The second-order valence-corrected chi connectivity index (χ2v) is 12.9.